The molecule has 0 radical (unpaired) electrons. The monoisotopic (exact) mass is 406 g/mol. The summed E-state index contributed by atoms with van der Waals surface area (Å²) in [6.45, 7) is 0. The smallest absolute Gasteiger partial charge is 0.337 e. The van der Waals surface area contributed by atoms with Crippen LogP contribution in [0.25, 0.3) is 21.0 Å². The number of rotatable bonds is 3. The highest BCUT2D eigenvalue weighted by Gasteiger charge is 2.15. The van der Waals surface area contributed by atoms with E-state index in [1.807, 2.05) is 48.0 Å². The SMILES string of the molecule is COC(=O)c1ccc2c(c1)sc(=NC(=O)c1cc3ccccc3cc1OC)n2C. The molecule has 3 aromatic carbocycles. The number of methoxy groups -OCH3 is 2. The predicted molar refractivity (Wildman–Crippen MR) is 113 cm³/mol. The molecule has 1 heterocycles. The van der Waals surface area contributed by atoms with Gasteiger partial charge < -0.3 is 14.0 Å². The molecule has 0 N–H and O–H groups in total. The van der Waals surface area contributed by atoms with Crippen LogP contribution in [0.1, 0.15) is 20.7 Å². The number of esters is 1. The van der Waals surface area contributed by atoms with E-state index in [4.69, 9.17) is 9.47 Å². The summed E-state index contributed by atoms with van der Waals surface area (Å²) in [7, 11) is 4.71. The first-order chi connectivity index (χ1) is 14.0. The van der Waals surface area contributed by atoms with Crippen LogP contribution >= 0.6 is 11.3 Å². The van der Waals surface area contributed by atoms with E-state index in [1.165, 1.54) is 25.6 Å². The number of thiazole rings is 1. The maximum absolute atomic E-state index is 13.0. The molecule has 7 heteroatoms. The topological polar surface area (TPSA) is 69.9 Å². The first-order valence-electron chi connectivity index (χ1n) is 8.85. The van der Waals surface area contributed by atoms with Crippen LogP contribution in [0, 0.1) is 0 Å². The van der Waals surface area contributed by atoms with Crippen molar-refractivity contribution in [1.29, 1.82) is 0 Å². The van der Waals surface area contributed by atoms with Gasteiger partial charge in [-0.15, -0.1) is 0 Å². The quantitative estimate of drug-likeness (QED) is 0.484. The summed E-state index contributed by atoms with van der Waals surface area (Å²) < 4.78 is 12.9. The van der Waals surface area contributed by atoms with Gasteiger partial charge in [0.2, 0.25) is 0 Å². The number of hydrogen-bond donors (Lipinski definition) is 0. The van der Waals surface area contributed by atoms with E-state index in [2.05, 4.69) is 4.99 Å². The van der Waals surface area contributed by atoms with Gasteiger partial charge in [-0.05, 0) is 41.1 Å². The number of aryl methyl sites for hydroxylation is 1. The molecule has 0 aliphatic heterocycles. The third-order valence-electron chi connectivity index (χ3n) is 4.73. The number of hydrogen-bond acceptors (Lipinski definition) is 5. The summed E-state index contributed by atoms with van der Waals surface area (Å²) >= 11 is 1.33. The van der Waals surface area contributed by atoms with Crippen LogP contribution in [0.15, 0.2) is 59.6 Å². The van der Waals surface area contributed by atoms with E-state index < -0.39 is 5.97 Å². The van der Waals surface area contributed by atoms with E-state index in [1.54, 1.807) is 18.2 Å². The van der Waals surface area contributed by atoms with Gasteiger partial charge in [0.25, 0.3) is 5.91 Å². The molecular weight excluding hydrogens is 388 g/mol. The number of nitrogens with zero attached hydrogens (tertiary/aromatic N) is 2. The van der Waals surface area contributed by atoms with Crippen LogP contribution in [0.5, 0.6) is 5.75 Å². The fourth-order valence-corrected chi connectivity index (χ4v) is 4.24. The van der Waals surface area contributed by atoms with Crippen molar-refractivity contribution >= 4 is 44.2 Å². The van der Waals surface area contributed by atoms with Crippen LogP contribution in [0.4, 0.5) is 0 Å². The molecular formula is C22H18N2O4S. The molecule has 29 heavy (non-hydrogen) atoms. The van der Waals surface area contributed by atoms with Crippen LogP contribution in [0.2, 0.25) is 0 Å². The first kappa shape index (κ1) is 18.9. The average molecular weight is 406 g/mol. The van der Waals surface area contributed by atoms with Crippen molar-refractivity contribution in [2.75, 3.05) is 14.2 Å². The molecule has 4 aromatic rings. The van der Waals surface area contributed by atoms with E-state index in [-0.39, 0.29) is 5.91 Å². The Morgan fingerprint density at radius 2 is 1.72 bits per heavy atom. The number of aromatic nitrogens is 1. The zero-order valence-corrected chi connectivity index (χ0v) is 16.9. The van der Waals surface area contributed by atoms with E-state index in [0.29, 0.717) is 21.7 Å². The van der Waals surface area contributed by atoms with Gasteiger partial charge >= 0.3 is 5.97 Å². The van der Waals surface area contributed by atoms with E-state index in [0.717, 1.165) is 21.0 Å². The largest absolute Gasteiger partial charge is 0.496 e. The van der Waals surface area contributed by atoms with Gasteiger partial charge in [0, 0.05) is 7.05 Å². The fourth-order valence-electron chi connectivity index (χ4n) is 3.19. The summed E-state index contributed by atoms with van der Waals surface area (Å²) in [6.07, 6.45) is 0. The molecule has 0 unspecified atom stereocenters. The van der Waals surface area contributed by atoms with Crippen molar-refractivity contribution in [3.63, 3.8) is 0 Å². The average Bonchev–Trinajstić information content (AvgIpc) is 3.06. The molecule has 0 saturated carbocycles. The van der Waals surface area contributed by atoms with E-state index >= 15 is 0 Å². The summed E-state index contributed by atoms with van der Waals surface area (Å²) in [5.41, 5.74) is 1.73. The molecule has 1 aromatic heterocycles. The minimum atomic E-state index is -0.404. The van der Waals surface area contributed by atoms with Gasteiger partial charge in [0.1, 0.15) is 5.75 Å². The lowest BCUT2D eigenvalue weighted by Gasteiger charge is -2.07. The Labute approximate surface area is 170 Å². The Hall–Kier alpha value is -3.45. The standard InChI is InChI=1S/C22H18N2O4S/c1-24-17-9-8-15(21(26)28-3)12-19(17)29-22(24)23-20(25)16-10-13-6-4-5-7-14(13)11-18(16)27-2/h4-12H,1-3H3. The number of fused-ring (bicyclic) bond motifs is 2. The summed E-state index contributed by atoms with van der Waals surface area (Å²) in [5, 5.41) is 1.93. The minimum absolute atomic E-state index is 0.386. The normalized spacial score (nSPS) is 11.8. The zero-order valence-electron chi connectivity index (χ0n) is 16.1. The highest BCUT2D eigenvalue weighted by Crippen LogP contribution is 2.27. The minimum Gasteiger partial charge on any atom is -0.496 e. The highest BCUT2D eigenvalue weighted by molar-refractivity contribution is 7.16. The van der Waals surface area contributed by atoms with E-state index in [9.17, 15) is 9.59 Å². The van der Waals surface area contributed by atoms with Crippen molar-refractivity contribution in [1.82, 2.24) is 4.57 Å². The Kier molecular flexibility index (Phi) is 4.90. The van der Waals surface area contributed by atoms with Gasteiger partial charge in [-0.3, -0.25) is 4.79 Å². The molecule has 0 aliphatic carbocycles. The second-order valence-corrected chi connectivity index (χ2v) is 7.44. The van der Waals surface area contributed by atoms with Crippen molar-refractivity contribution in [2.45, 2.75) is 0 Å². The van der Waals surface area contributed by atoms with Crippen LogP contribution in [-0.2, 0) is 11.8 Å². The lowest BCUT2D eigenvalue weighted by atomic mass is 10.1. The molecule has 6 nitrogen and oxygen atoms in total. The number of ether oxygens (including phenoxy) is 2. The van der Waals surface area contributed by atoms with Crippen molar-refractivity contribution in [3.8, 4) is 5.75 Å². The van der Waals surface area contributed by atoms with Crippen molar-refractivity contribution < 1.29 is 19.1 Å². The third-order valence-corrected chi connectivity index (χ3v) is 5.82. The van der Waals surface area contributed by atoms with Gasteiger partial charge in [0.05, 0.1) is 35.6 Å². The summed E-state index contributed by atoms with van der Waals surface area (Å²) in [5.74, 6) is -0.310. The number of benzene rings is 3. The van der Waals surface area contributed by atoms with Crippen molar-refractivity contribution in [3.05, 3.63) is 70.5 Å². The molecule has 146 valence electrons. The fraction of sp³-hybridized carbons (Fsp3) is 0.136. The maximum atomic E-state index is 13.0. The molecule has 0 saturated heterocycles. The van der Waals surface area contributed by atoms with Gasteiger partial charge in [-0.2, -0.15) is 4.99 Å². The maximum Gasteiger partial charge on any atom is 0.337 e. The molecule has 0 bridgehead atoms. The summed E-state index contributed by atoms with van der Waals surface area (Å²) in [6, 6.07) is 16.7. The molecule has 4 rings (SSSR count). The molecule has 1 amide bonds. The van der Waals surface area contributed by atoms with Gasteiger partial charge in [-0.1, -0.05) is 35.6 Å². The number of carbonyl (C=O) groups is 2. The summed E-state index contributed by atoms with van der Waals surface area (Å²) in [4.78, 5) is 29.6. The zero-order chi connectivity index (χ0) is 20.5. The lowest BCUT2D eigenvalue weighted by molar-refractivity contribution is 0.0600. The molecule has 0 fully saturated rings. The number of carbonyl (C=O) groups excluding carboxylic acids is 2. The van der Waals surface area contributed by atoms with Crippen LogP contribution < -0.4 is 9.54 Å². The lowest BCUT2D eigenvalue weighted by Crippen LogP contribution is -2.13. The van der Waals surface area contributed by atoms with Gasteiger partial charge in [-0.25, -0.2) is 4.79 Å². The second kappa shape index (κ2) is 7.52. The Morgan fingerprint density at radius 1 is 1.00 bits per heavy atom. The van der Waals surface area contributed by atoms with Crippen LogP contribution in [-0.4, -0.2) is 30.7 Å². The van der Waals surface area contributed by atoms with Gasteiger partial charge in [0.15, 0.2) is 4.80 Å². The highest BCUT2D eigenvalue weighted by atomic mass is 32.1. The molecule has 0 spiro atoms. The second-order valence-electron chi connectivity index (χ2n) is 6.43. The Bertz CT molecular complexity index is 1330. The third kappa shape index (κ3) is 3.40. The van der Waals surface area contributed by atoms with Crippen molar-refractivity contribution in [2.24, 2.45) is 12.0 Å². The Balaban J connectivity index is 1.82. The molecule has 0 aliphatic rings. The van der Waals surface area contributed by atoms with Crippen LogP contribution in [0.3, 0.4) is 0 Å². The first-order valence-corrected chi connectivity index (χ1v) is 9.67. The Morgan fingerprint density at radius 3 is 2.41 bits per heavy atom. The number of amides is 1. The predicted octanol–water partition coefficient (Wildman–Crippen LogP) is 3.93. The molecule has 0 atom stereocenters.